The first-order valence-corrected chi connectivity index (χ1v) is 24.8. The second-order valence-electron chi connectivity index (χ2n) is 17.9. The van der Waals surface area contributed by atoms with Crippen LogP contribution in [0.3, 0.4) is 0 Å². The molecule has 0 aliphatic carbocycles. The van der Waals surface area contributed by atoms with E-state index in [1.165, 1.54) is 0 Å². The van der Waals surface area contributed by atoms with Gasteiger partial charge in [-0.1, -0.05) is 176 Å². The Morgan fingerprint density at radius 3 is 1.23 bits per heavy atom. The highest BCUT2D eigenvalue weighted by atomic mass is 16.8. The summed E-state index contributed by atoms with van der Waals surface area (Å²) in [6.45, 7) is 0.0400. The van der Waals surface area contributed by atoms with Crippen LogP contribution in [0.1, 0.15) is 53.3 Å². The first-order valence-electron chi connectivity index (χ1n) is 24.8. The number of hydrogen-bond donors (Lipinski definition) is 1. The predicted molar refractivity (Wildman–Crippen MR) is 274 cm³/mol. The molecule has 1 N–H and O–H groups in total. The number of ether oxygens (including phenoxy) is 10. The van der Waals surface area contributed by atoms with Crippen molar-refractivity contribution in [1.82, 2.24) is 0 Å². The molecule has 10 atom stereocenters. The quantitative estimate of drug-likeness (QED) is 0.0505. The largest absolute Gasteiger partial charge is 0.459 e. The zero-order chi connectivity index (χ0) is 51.6. The summed E-state index contributed by atoms with van der Waals surface area (Å²) in [7, 11) is 0. The normalized spacial score (nSPS) is 23.4. The summed E-state index contributed by atoms with van der Waals surface area (Å²) >= 11 is 0. The summed E-state index contributed by atoms with van der Waals surface area (Å²) in [6, 6.07) is 63.1. The average molecular weight is 1020 g/mol. The van der Waals surface area contributed by atoms with Crippen LogP contribution in [0.15, 0.2) is 212 Å². The first-order chi connectivity index (χ1) is 36.9. The molecule has 0 spiro atoms. The van der Waals surface area contributed by atoms with E-state index < -0.39 is 85.9 Å². The Kier molecular flexibility index (Phi) is 18.7. The number of aliphatic hydroxyl groups excluding tert-OH is 1. The Hall–Kier alpha value is -7.37. The summed E-state index contributed by atoms with van der Waals surface area (Å²) in [4.78, 5) is 41.5. The van der Waals surface area contributed by atoms with Crippen LogP contribution in [0, 0.1) is 0 Å². The van der Waals surface area contributed by atoms with Crippen molar-refractivity contribution < 1.29 is 66.9 Å². The zero-order valence-corrected chi connectivity index (χ0v) is 41.0. The molecule has 386 valence electrons. The van der Waals surface area contributed by atoms with Crippen molar-refractivity contribution in [1.29, 1.82) is 0 Å². The van der Waals surface area contributed by atoms with E-state index >= 15 is 0 Å². The van der Waals surface area contributed by atoms with E-state index in [-0.39, 0.29) is 49.7 Å². The minimum absolute atomic E-state index is 0.0384. The Morgan fingerprint density at radius 1 is 0.373 bits per heavy atom. The maximum atomic E-state index is 14.1. The Morgan fingerprint density at radius 2 is 0.747 bits per heavy atom. The molecule has 14 nitrogen and oxygen atoms in total. The zero-order valence-electron chi connectivity index (χ0n) is 41.0. The van der Waals surface area contributed by atoms with Crippen molar-refractivity contribution in [2.24, 2.45) is 0 Å². The summed E-state index contributed by atoms with van der Waals surface area (Å²) in [5.41, 5.74) is 4.05. The average Bonchev–Trinajstić information content (AvgIpc) is 3.46. The van der Waals surface area contributed by atoms with Crippen LogP contribution < -0.4 is 0 Å². The lowest BCUT2D eigenvalue weighted by molar-refractivity contribution is -0.375. The van der Waals surface area contributed by atoms with Crippen molar-refractivity contribution in [2.45, 2.75) is 87.8 Å². The number of esters is 3. The fourth-order valence-corrected chi connectivity index (χ4v) is 8.75. The predicted octanol–water partition coefficient (Wildman–Crippen LogP) is 9.09. The molecule has 14 heteroatoms. The minimum atomic E-state index is -1.84. The van der Waals surface area contributed by atoms with Gasteiger partial charge in [0.2, 0.25) is 0 Å². The SMILES string of the molecule is O=C(OCC1O[C@H](OC2[C@@H](OCc3ccccc3)OC(COCc3ccccc3)[C@@H](OCc3ccccc3)[C@@H]2OCc2ccccc2)C(OC(=O)c2ccccc2)[C@@H](O)[C@@H]1OC(=O)c1ccccc1)c1ccccc1. The van der Waals surface area contributed by atoms with Crippen LogP contribution >= 0.6 is 0 Å². The molecule has 0 radical (unpaired) electrons. The number of aliphatic hydroxyl groups is 1. The molecule has 0 amide bonds. The van der Waals surface area contributed by atoms with Crippen LogP contribution in [0.4, 0.5) is 0 Å². The van der Waals surface area contributed by atoms with Crippen molar-refractivity contribution in [3.05, 3.63) is 251 Å². The van der Waals surface area contributed by atoms with Gasteiger partial charge in [-0.25, -0.2) is 14.4 Å². The van der Waals surface area contributed by atoms with Crippen LogP contribution in [-0.2, 0) is 73.8 Å². The van der Waals surface area contributed by atoms with Gasteiger partial charge in [0.1, 0.15) is 43.2 Å². The monoisotopic (exact) mass is 1010 g/mol. The van der Waals surface area contributed by atoms with Crippen LogP contribution in [-0.4, -0.2) is 97.6 Å². The number of hydrogen-bond acceptors (Lipinski definition) is 14. The summed E-state index contributed by atoms with van der Waals surface area (Å²) in [5.74, 6) is -2.37. The number of benzene rings is 7. The molecule has 7 aromatic carbocycles. The third-order valence-corrected chi connectivity index (χ3v) is 12.6. The fourth-order valence-electron chi connectivity index (χ4n) is 8.75. The van der Waals surface area contributed by atoms with Gasteiger partial charge in [0, 0.05) is 0 Å². The third-order valence-electron chi connectivity index (χ3n) is 12.6. The topological polar surface area (TPSA) is 164 Å². The number of carbonyl (C=O) groups excluding carboxylic acids is 3. The molecular formula is C61H58O14. The molecule has 2 aliphatic heterocycles. The standard InChI is InChI=1S/C61H58O14/c62-51-52(73-58(64)47-32-18-6-19-33-47)50(41-69-57(63)46-30-16-5-17-31-46)72-61(54(51)74-59(65)48-34-20-7-21-35-48)75-56-55(68-38-44-26-12-3-13-27-44)53(67-37-43-24-10-2-11-25-43)49(40-66-36-42-22-8-1-9-23-42)71-60(56)70-39-45-28-14-4-15-29-45/h1-35,49-56,60-62H,36-41H2/t49?,50?,51-,52+,53+,54?,55-,56?,60-,61+/m0/s1. The minimum Gasteiger partial charge on any atom is -0.459 e. The van der Waals surface area contributed by atoms with Gasteiger partial charge in [-0.15, -0.1) is 0 Å². The van der Waals surface area contributed by atoms with Gasteiger partial charge < -0.3 is 52.5 Å². The molecule has 0 saturated carbocycles. The second kappa shape index (κ2) is 26.7. The van der Waals surface area contributed by atoms with Crippen molar-refractivity contribution in [3.8, 4) is 0 Å². The van der Waals surface area contributed by atoms with Gasteiger partial charge in [-0.05, 0) is 58.7 Å². The summed E-state index contributed by atoms with van der Waals surface area (Å²) in [5, 5.41) is 12.6. The van der Waals surface area contributed by atoms with Crippen LogP contribution in [0.2, 0.25) is 0 Å². The fraction of sp³-hybridized carbons (Fsp3) is 0.262. The van der Waals surface area contributed by atoms with Gasteiger partial charge in [0.05, 0.1) is 49.7 Å². The highest BCUT2D eigenvalue weighted by molar-refractivity contribution is 5.90. The molecular weight excluding hydrogens is 957 g/mol. The van der Waals surface area contributed by atoms with Gasteiger partial charge >= 0.3 is 17.9 Å². The van der Waals surface area contributed by atoms with Crippen molar-refractivity contribution >= 4 is 17.9 Å². The lowest BCUT2D eigenvalue weighted by atomic mass is 9.96. The Labute approximate surface area is 435 Å². The van der Waals surface area contributed by atoms with E-state index in [1.54, 1.807) is 91.0 Å². The second-order valence-corrected chi connectivity index (χ2v) is 17.9. The van der Waals surface area contributed by atoms with E-state index in [9.17, 15) is 19.5 Å². The molecule has 4 unspecified atom stereocenters. The van der Waals surface area contributed by atoms with Gasteiger partial charge in [0.25, 0.3) is 0 Å². The van der Waals surface area contributed by atoms with Gasteiger partial charge in [-0.2, -0.15) is 0 Å². The van der Waals surface area contributed by atoms with E-state index in [1.807, 2.05) is 121 Å². The van der Waals surface area contributed by atoms with Crippen LogP contribution in [0.25, 0.3) is 0 Å². The molecule has 7 aromatic rings. The van der Waals surface area contributed by atoms with Gasteiger partial charge in [0.15, 0.2) is 24.8 Å². The highest BCUT2D eigenvalue weighted by Gasteiger charge is 2.55. The van der Waals surface area contributed by atoms with Crippen molar-refractivity contribution in [2.75, 3.05) is 13.2 Å². The molecule has 0 aromatic heterocycles. The lowest BCUT2D eigenvalue weighted by Gasteiger charge is -2.49. The molecule has 2 fully saturated rings. The smallest absolute Gasteiger partial charge is 0.338 e. The van der Waals surface area contributed by atoms with Crippen molar-refractivity contribution in [3.63, 3.8) is 0 Å². The van der Waals surface area contributed by atoms with E-state index in [4.69, 9.17) is 47.4 Å². The number of carbonyl (C=O) groups is 3. The third kappa shape index (κ3) is 14.5. The Balaban J connectivity index is 1.11. The molecule has 0 bridgehead atoms. The van der Waals surface area contributed by atoms with E-state index in [0.29, 0.717) is 0 Å². The summed E-state index contributed by atoms with van der Waals surface area (Å²) in [6.07, 6.45) is -13.6. The molecule has 2 heterocycles. The molecule has 2 saturated heterocycles. The molecule has 9 rings (SSSR count). The first kappa shape index (κ1) is 52.5. The van der Waals surface area contributed by atoms with E-state index in [0.717, 1.165) is 22.3 Å². The molecule has 2 aliphatic rings. The summed E-state index contributed by atoms with van der Waals surface area (Å²) < 4.78 is 65.6. The highest BCUT2D eigenvalue weighted by Crippen LogP contribution is 2.36. The number of rotatable bonds is 22. The maximum absolute atomic E-state index is 14.1. The molecule has 75 heavy (non-hydrogen) atoms. The van der Waals surface area contributed by atoms with E-state index in [2.05, 4.69) is 0 Å². The van der Waals surface area contributed by atoms with Gasteiger partial charge in [-0.3, -0.25) is 0 Å². The van der Waals surface area contributed by atoms with Crippen LogP contribution in [0.5, 0.6) is 0 Å². The lowest BCUT2D eigenvalue weighted by Crippen LogP contribution is -2.66. The maximum Gasteiger partial charge on any atom is 0.338 e. The Bertz CT molecular complexity index is 2810.